The summed E-state index contributed by atoms with van der Waals surface area (Å²) in [6.45, 7) is 2.79. The molecular weight excluding hydrogens is 248 g/mol. The lowest BCUT2D eigenvalue weighted by Gasteiger charge is -2.35. The summed E-state index contributed by atoms with van der Waals surface area (Å²) in [6.07, 6.45) is 3.89. The van der Waals surface area contributed by atoms with E-state index in [1.165, 1.54) is 0 Å². The fraction of sp³-hybridized carbons (Fsp3) is 0.571. The number of nitrogens with one attached hydrogen (secondary N) is 1. The first kappa shape index (κ1) is 13.5. The number of rotatable bonds is 3. The predicted octanol–water partition coefficient (Wildman–Crippen LogP) is 3.28. The van der Waals surface area contributed by atoms with E-state index in [1.54, 1.807) is 12.1 Å². The number of nitrogens with two attached hydrogens (primary N) is 1. The summed E-state index contributed by atoms with van der Waals surface area (Å²) < 4.78 is 0. The first-order chi connectivity index (χ1) is 8.48. The monoisotopic (exact) mass is 268 g/mol. The van der Waals surface area contributed by atoms with Gasteiger partial charge < -0.3 is 16.2 Å². The third kappa shape index (κ3) is 3.30. The molecule has 1 aromatic rings. The highest BCUT2D eigenvalue weighted by Crippen LogP contribution is 2.32. The van der Waals surface area contributed by atoms with Gasteiger partial charge in [-0.15, -0.1) is 0 Å². The summed E-state index contributed by atoms with van der Waals surface area (Å²) in [7, 11) is 0. The van der Waals surface area contributed by atoms with Crippen LogP contribution in [0.1, 0.15) is 32.6 Å². The summed E-state index contributed by atoms with van der Waals surface area (Å²) in [6, 6.07) is 5.37. The molecule has 4 heteroatoms. The Morgan fingerprint density at radius 1 is 1.44 bits per heavy atom. The van der Waals surface area contributed by atoms with E-state index in [2.05, 4.69) is 12.2 Å². The SMILES string of the molecule is CC1CCC(O)(CNc2ccc(Cl)cc2N)CC1. The summed E-state index contributed by atoms with van der Waals surface area (Å²) in [5, 5.41) is 14.3. The summed E-state index contributed by atoms with van der Waals surface area (Å²) in [4.78, 5) is 0. The van der Waals surface area contributed by atoms with Crippen molar-refractivity contribution >= 4 is 23.0 Å². The van der Waals surface area contributed by atoms with Crippen LogP contribution >= 0.6 is 11.6 Å². The second-order valence-corrected chi connectivity index (χ2v) is 5.93. The maximum Gasteiger partial charge on any atom is 0.0819 e. The van der Waals surface area contributed by atoms with Crippen LogP contribution in [0.3, 0.4) is 0 Å². The lowest BCUT2D eigenvalue weighted by atomic mass is 9.79. The molecular formula is C14H21ClN2O. The zero-order valence-corrected chi connectivity index (χ0v) is 11.5. The van der Waals surface area contributed by atoms with E-state index in [9.17, 15) is 5.11 Å². The van der Waals surface area contributed by atoms with Crippen molar-refractivity contribution in [2.45, 2.75) is 38.2 Å². The van der Waals surface area contributed by atoms with E-state index in [0.717, 1.165) is 37.3 Å². The Kier molecular flexibility index (Phi) is 4.03. The third-order valence-electron chi connectivity index (χ3n) is 3.83. The Bertz CT molecular complexity index is 414. The van der Waals surface area contributed by atoms with Crippen molar-refractivity contribution in [1.29, 1.82) is 0 Å². The van der Waals surface area contributed by atoms with Crippen molar-refractivity contribution < 1.29 is 5.11 Å². The molecule has 0 spiro atoms. The van der Waals surface area contributed by atoms with Gasteiger partial charge in [-0.05, 0) is 49.8 Å². The van der Waals surface area contributed by atoms with Crippen molar-refractivity contribution in [2.75, 3.05) is 17.6 Å². The molecule has 3 nitrogen and oxygen atoms in total. The second kappa shape index (κ2) is 5.37. The number of anilines is 2. The van der Waals surface area contributed by atoms with Gasteiger partial charge in [0.2, 0.25) is 0 Å². The van der Waals surface area contributed by atoms with Gasteiger partial charge in [-0.2, -0.15) is 0 Å². The number of halogens is 1. The Morgan fingerprint density at radius 2 is 2.11 bits per heavy atom. The van der Waals surface area contributed by atoms with Gasteiger partial charge in [0.15, 0.2) is 0 Å². The highest BCUT2D eigenvalue weighted by atomic mass is 35.5. The molecule has 0 unspecified atom stereocenters. The molecule has 100 valence electrons. The lowest BCUT2D eigenvalue weighted by Crippen LogP contribution is -2.40. The molecule has 0 saturated heterocycles. The molecule has 0 heterocycles. The number of aliphatic hydroxyl groups is 1. The van der Waals surface area contributed by atoms with Gasteiger partial charge in [0, 0.05) is 11.6 Å². The summed E-state index contributed by atoms with van der Waals surface area (Å²) >= 11 is 5.85. The quantitative estimate of drug-likeness (QED) is 0.738. The predicted molar refractivity (Wildman–Crippen MR) is 76.9 cm³/mol. The van der Waals surface area contributed by atoms with E-state index in [4.69, 9.17) is 17.3 Å². The molecule has 4 N–H and O–H groups in total. The van der Waals surface area contributed by atoms with Crippen LogP contribution in [0.15, 0.2) is 18.2 Å². The first-order valence-electron chi connectivity index (χ1n) is 6.50. The van der Waals surface area contributed by atoms with Crippen molar-refractivity contribution in [1.82, 2.24) is 0 Å². The number of benzene rings is 1. The minimum atomic E-state index is -0.599. The van der Waals surface area contributed by atoms with Crippen LogP contribution in [0.4, 0.5) is 11.4 Å². The van der Waals surface area contributed by atoms with Crippen LogP contribution in [0.25, 0.3) is 0 Å². The van der Waals surface area contributed by atoms with Crippen molar-refractivity contribution in [3.63, 3.8) is 0 Å². The average molecular weight is 269 g/mol. The largest absolute Gasteiger partial charge is 0.397 e. The van der Waals surface area contributed by atoms with E-state index in [0.29, 0.717) is 17.3 Å². The second-order valence-electron chi connectivity index (χ2n) is 5.49. The Hall–Kier alpha value is -0.930. The molecule has 0 atom stereocenters. The molecule has 1 aliphatic rings. The van der Waals surface area contributed by atoms with Crippen molar-refractivity contribution in [3.8, 4) is 0 Å². The molecule has 0 bridgehead atoms. The Balaban J connectivity index is 1.94. The molecule has 1 aliphatic carbocycles. The number of hydrogen-bond acceptors (Lipinski definition) is 3. The Labute approximate surface area is 113 Å². The molecule has 0 aromatic heterocycles. The molecule has 1 saturated carbocycles. The normalized spacial score (nSPS) is 28.1. The van der Waals surface area contributed by atoms with E-state index in [-0.39, 0.29) is 0 Å². The third-order valence-corrected chi connectivity index (χ3v) is 4.06. The molecule has 0 radical (unpaired) electrons. The van der Waals surface area contributed by atoms with Crippen LogP contribution in [0.5, 0.6) is 0 Å². The first-order valence-corrected chi connectivity index (χ1v) is 6.88. The maximum atomic E-state index is 10.5. The van der Waals surface area contributed by atoms with Crippen LogP contribution in [0.2, 0.25) is 5.02 Å². The smallest absolute Gasteiger partial charge is 0.0819 e. The van der Waals surface area contributed by atoms with E-state index < -0.39 is 5.60 Å². The molecule has 2 rings (SSSR count). The molecule has 18 heavy (non-hydrogen) atoms. The number of hydrogen-bond donors (Lipinski definition) is 3. The summed E-state index contributed by atoms with van der Waals surface area (Å²) in [5.41, 5.74) is 6.73. The van der Waals surface area contributed by atoms with Gasteiger partial charge in [-0.1, -0.05) is 18.5 Å². The highest BCUT2D eigenvalue weighted by Gasteiger charge is 2.31. The fourth-order valence-corrected chi connectivity index (χ4v) is 2.61. The zero-order valence-electron chi connectivity index (χ0n) is 10.7. The number of nitrogen functional groups attached to an aromatic ring is 1. The van der Waals surface area contributed by atoms with Gasteiger partial charge in [0.25, 0.3) is 0 Å². The van der Waals surface area contributed by atoms with Gasteiger partial charge in [0.05, 0.1) is 17.0 Å². The molecule has 0 aliphatic heterocycles. The van der Waals surface area contributed by atoms with Gasteiger partial charge in [-0.3, -0.25) is 0 Å². The van der Waals surface area contributed by atoms with Crippen LogP contribution in [0, 0.1) is 5.92 Å². The van der Waals surface area contributed by atoms with Gasteiger partial charge in [-0.25, -0.2) is 0 Å². The van der Waals surface area contributed by atoms with Crippen molar-refractivity contribution in [3.05, 3.63) is 23.2 Å². The molecule has 1 aromatic carbocycles. The van der Waals surface area contributed by atoms with E-state index in [1.807, 2.05) is 6.07 Å². The highest BCUT2D eigenvalue weighted by molar-refractivity contribution is 6.31. The fourth-order valence-electron chi connectivity index (χ4n) is 2.43. The lowest BCUT2D eigenvalue weighted by molar-refractivity contribution is 0.00503. The average Bonchev–Trinajstić information content (AvgIpc) is 2.32. The maximum absolute atomic E-state index is 10.5. The van der Waals surface area contributed by atoms with E-state index >= 15 is 0 Å². The van der Waals surface area contributed by atoms with Gasteiger partial charge >= 0.3 is 0 Å². The Morgan fingerprint density at radius 3 is 2.72 bits per heavy atom. The summed E-state index contributed by atoms with van der Waals surface area (Å²) in [5.74, 6) is 0.728. The zero-order chi connectivity index (χ0) is 13.2. The van der Waals surface area contributed by atoms with Crippen molar-refractivity contribution in [2.24, 2.45) is 5.92 Å². The molecule has 0 amide bonds. The van der Waals surface area contributed by atoms with Gasteiger partial charge in [0.1, 0.15) is 0 Å². The van der Waals surface area contributed by atoms with Crippen LogP contribution < -0.4 is 11.1 Å². The van der Waals surface area contributed by atoms with Crippen LogP contribution in [-0.2, 0) is 0 Å². The molecule has 1 fully saturated rings. The minimum Gasteiger partial charge on any atom is -0.397 e. The van der Waals surface area contributed by atoms with Crippen LogP contribution in [-0.4, -0.2) is 17.3 Å². The standard InChI is InChI=1S/C14H21ClN2O/c1-10-4-6-14(18,7-5-10)9-17-13-3-2-11(15)8-12(13)16/h2-3,8,10,17-18H,4-7,9,16H2,1H3. The topological polar surface area (TPSA) is 58.3 Å². The minimum absolute atomic E-state index is 0.547.